The molecule has 0 atom stereocenters. The molecule has 1 aliphatic rings. The molecule has 0 radical (unpaired) electrons. The minimum atomic E-state index is -0.236. The maximum atomic E-state index is 12.2. The molecule has 2 aromatic rings. The molecule has 23 heavy (non-hydrogen) atoms. The third-order valence-corrected chi connectivity index (χ3v) is 3.87. The summed E-state index contributed by atoms with van der Waals surface area (Å²) in [6.07, 6.45) is 0. The van der Waals surface area contributed by atoms with E-state index in [2.05, 4.69) is 10.6 Å². The van der Waals surface area contributed by atoms with Crippen molar-refractivity contribution in [1.82, 2.24) is 4.90 Å². The van der Waals surface area contributed by atoms with E-state index in [9.17, 15) is 9.59 Å². The fourth-order valence-electron chi connectivity index (χ4n) is 2.64. The van der Waals surface area contributed by atoms with Gasteiger partial charge in [0, 0.05) is 25.8 Å². The molecule has 2 amide bonds. The molecule has 2 aromatic carbocycles. The van der Waals surface area contributed by atoms with Crippen LogP contribution in [0.3, 0.4) is 0 Å². The number of rotatable bonds is 5. The van der Waals surface area contributed by atoms with Gasteiger partial charge in [-0.3, -0.25) is 14.5 Å². The molecule has 0 spiro atoms. The maximum Gasteiger partial charge on any atom is 0.261 e. The second kappa shape index (κ2) is 6.00. The molecule has 0 aromatic heterocycles. The molecule has 0 unspecified atom stereocenters. The molecule has 1 heterocycles. The minimum Gasteiger partial charge on any atom is -0.397 e. The second-order valence-corrected chi connectivity index (χ2v) is 5.29. The average molecular weight is 310 g/mol. The van der Waals surface area contributed by atoms with Gasteiger partial charge in [0.25, 0.3) is 11.8 Å². The molecule has 6 nitrogen and oxygen atoms in total. The van der Waals surface area contributed by atoms with Gasteiger partial charge in [0.15, 0.2) is 0 Å². The van der Waals surface area contributed by atoms with Gasteiger partial charge in [-0.25, -0.2) is 0 Å². The van der Waals surface area contributed by atoms with Gasteiger partial charge in [0.05, 0.1) is 22.5 Å². The van der Waals surface area contributed by atoms with E-state index in [0.29, 0.717) is 29.9 Å². The molecule has 0 aliphatic carbocycles. The highest BCUT2D eigenvalue weighted by atomic mass is 16.2. The summed E-state index contributed by atoms with van der Waals surface area (Å²) in [5.41, 5.74) is 9.14. The molecule has 0 saturated heterocycles. The first kappa shape index (κ1) is 14.9. The summed E-state index contributed by atoms with van der Waals surface area (Å²) in [6, 6.07) is 12.4. The van der Waals surface area contributed by atoms with Crippen molar-refractivity contribution in [2.24, 2.45) is 0 Å². The minimum absolute atomic E-state index is 0.236. The van der Waals surface area contributed by atoms with Gasteiger partial charge in [0.1, 0.15) is 0 Å². The number of carbonyl (C=O) groups excluding carboxylic acids is 2. The quantitative estimate of drug-likeness (QED) is 0.581. The van der Waals surface area contributed by atoms with Crippen molar-refractivity contribution in [2.45, 2.75) is 0 Å². The molecule has 1 aliphatic heterocycles. The van der Waals surface area contributed by atoms with Crippen LogP contribution >= 0.6 is 0 Å². The number of carbonyl (C=O) groups is 2. The number of hydrogen-bond acceptors (Lipinski definition) is 5. The molecule has 4 N–H and O–H groups in total. The maximum absolute atomic E-state index is 12.2. The van der Waals surface area contributed by atoms with Crippen LogP contribution in [-0.4, -0.2) is 36.9 Å². The number of anilines is 3. The Labute approximate surface area is 134 Å². The number of nitrogen functional groups attached to an aromatic ring is 1. The smallest absolute Gasteiger partial charge is 0.261 e. The van der Waals surface area contributed by atoms with Crippen molar-refractivity contribution >= 4 is 28.9 Å². The Bertz CT molecular complexity index is 738. The average Bonchev–Trinajstić information content (AvgIpc) is 2.81. The summed E-state index contributed by atoms with van der Waals surface area (Å²) in [4.78, 5) is 25.8. The molecular weight excluding hydrogens is 292 g/mol. The second-order valence-electron chi connectivity index (χ2n) is 5.29. The molecule has 6 heteroatoms. The zero-order valence-corrected chi connectivity index (χ0v) is 12.8. The molecule has 3 rings (SSSR count). The lowest BCUT2D eigenvalue weighted by atomic mass is 10.1. The Morgan fingerprint density at radius 1 is 1.04 bits per heavy atom. The first-order valence-corrected chi connectivity index (χ1v) is 7.38. The van der Waals surface area contributed by atoms with Crippen LogP contribution in [0.15, 0.2) is 42.5 Å². The molecule has 0 fully saturated rings. The van der Waals surface area contributed by atoms with Gasteiger partial charge >= 0.3 is 0 Å². The number of benzene rings is 2. The van der Waals surface area contributed by atoms with Crippen LogP contribution in [-0.2, 0) is 0 Å². The number of imide groups is 1. The molecule has 0 bridgehead atoms. The molecular formula is C17H18N4O2. The predicted octanol–water partition coefficient (Wildman–Crippen LogP) is 2.02. The lowest BCUT2D eigenvalue weighted by Crippen LogP contribution is -2.34. The first-order chi connectivity index (χ1) is 11.1. The monoisotopic (exact) mass is 310 g/mol. The summed E-state index contributed by atoms with van der Waals surface area (Å²) >= 11 is 0. The number of nitrogens with one attached hydrogen (secondary N) is 2. The van der Waals surface area contributed by atoms with E-state index in [1.165, 1.54) is 4.90 Å². The van der Waals surface area contributed by atoms with Gasteiger partial charge in [-0.1, -0.05) is 12.1 Å². The topological polar surface area (TPSA) is 87.5 Å². The summed E-state index contributed by atoms with van der Waals surface area (Å²) in [7, 11) is 1.80. The zero-order chi connectivity index (χ0) is 16.4. The van der Waals surface area contributed by atoms with E-state index >= 15 is 0 Å². The Kier molecular flexibility index (Phi) is 3.89. The van der Waals surface area contributed by atoms with Crippen LogP contribution in [0.5, 0.6) is 0 Å². The SMILES string of the molecule is CNc1cc(NCCN2C(=O)c3ccccc3C2=O)ccc1N. The molecule has 118 valence electrons. The van der Waals surface area contributed by atoms with Crippen molar-refractivity contribution in [3.63, 3.8) is 0 Å². The van der Waals surface area contributed by atoms with Crippen LogP contribution in [0, 0.1) is 0 Å². The fraction of sp³-hybridized carbons (Fsp3) is 0.176. The third-order valence-electron chi connectivity index (χ3n) is 3.87. The number of nitrogens with two attached hydrogens (primary N) is 1. The van der Waals surface area contributed by atoms with Crippen molar-refractivity contribution in [2.75, 3.05) is 36.5 Å². The van der Waals surface area contributed by atoms with Gasteiger partial charge < -0.3 is 16.4 Å². The van der Waals surface area contributed by atoms with Crippen LogP contribution in [0.4, 0.5) is 17.1 Å². The van der Waals surface area contributed by atoms with Crippen molar-refractivity contribution < 1.29 is 9.59 Å². The lowest BCUT2D eigenvalue weighted by Gasteiger charge is -2.15. The number of amides is 2. The van der Waals surface area contributed by atoms with Crippen LogP contribution in [0.25, 0.3) is 0 Å². The van der Waals surface area contributed by atoms with Crippen LogP contribution < -0.4 is 16.4 Å². The Hall–Kier alpha value is -3.02. The zero-order valence-electron chi connectivity index (χ0n) is 12.8. The third kappa shape index (κ3) is 2.70. The van der Waals surface area contributed by atoms with E-state index in [-0.39, 0.29) is 11.8 Å². The van der Waals surface area contributed by atoms with E-state index in [1.54, 1.807) is 37.4 Å². The van der Waals surface area contributed by atoms with Gasteiger partial charge in [0.2, 0.25) is 0 Å². The number of fused-ring (bicyclic) bond motifs is 1. The van der Waals surface area contributed by atoms with Crippen molar-refractivity contribution in [1.29, 1.82) is 0 Å². The van der Waals surface area contributed by atoms with Gasteiger partial charge in [-0.2, -0.15) is 0 Å². The Morgan fingerprint density at radius 3 is 2.30 bits per heavy atom. The first-order valence-electron chi connectivity index (χ1n) is 7.38. The summed E-state index contributed by atoms with van der Waals surface area (Å²) in [5.74, 6) is -0.471. The largest absolute Gasteiger partial charge is 0.397 e. The summed E-state index contributed by atoms with van der Waals surface area (Å²) in [6.45, 7) is 0.782. The number of hydrogen-bond donors (Lipinski definition) is 3. The Balaban J connectivity index is 1.64. The van der Waals surface area contributed by atoms with Gasteiger partial charge in [-0.05, 0) is 30.3 Å². The normalized spacial score (nSPS) is 13.2. The van der Waals surface area contributed by atoms with Crippen molar-refractivity contribution in [3.8, 4) is 0 Å². The van der Waals surface area contributed by atoms with Crippen molar-refractivity contribution in [3.05, 3.63) is 53.6 Å². The van der Waals surface area contributed by atoms with Crippen LogP contribution in [0.1, 0.15) is 20.7 Å². The summed E-state index contributed by atoms with van der Waals surface area (Å²) < 4.78 is 0. The number of nitrogens with zero attached hydrogens (tertiary/aromatic N) is 1. The van der Waals surface area contributed by atoms with E-state index in [1.807, 2.05) is 12.1 Å². The van der Waals surface area contributed by atoms with Gasteiger partial charge in [-0.15, -0.1) is 0 Å². The van der Waals surface area contributed by atoms with Crippen LogP contribution in [0.2, 0.25) is 0 Å². The highest BCUT2D eigenvalue weighted by Crippen LogP contribution is 2.23. The standard InChI is InChI=1S/C17H18N4O2/c1-19-15-10-11(6-7-14(15)18)20-8-9-21-16(22)12-4-2-3-5-13(12)17(21)23/h2-7,10,19-20H,8-9,18H2,1H3. The van der Waals surface area contributed by atoms with E-state index in [0.717, 1.165) is 11.4 Å². The highest BCUT2D eigenvalue weighted by molar-refractivity contribution is 6.21. The predicted molar refractivity (Wildman–Crippen MR) is 90.7 cm³/mol. The Morgan fingerprint density at radius 2 is 1.70 bits per heavy atom. The summed E-state index contributed by atoms with van der Waals surface area (Å²) in [5, 5.41) is 6.21. The lowest BCUT2D eigenvalue weighted by molar-refractivity contribution is 0.0660. The highest BCUT2D eigenvalue weighted by Gasteiger charge is 2.34. The fourth-order valence-corrected chi connectivity index (χ4v) is 2.64. The molecule has 0 saturated carbocycles. The van der Waals surface area contributed by atoms with E-state index < -0.39 is 0 Å². The van der Waals surface area contributed by atoms with E-state index in [4.69, 9.17) is 5.73 Å².